The molecule has 2 atom stereocenters. The van der Waals surface area contributed by atoms with E-state index in [1.807, 2.05) is 11.6 Å². The lowest BCUT2D eigenvalue weighted by atomic mass is 10.1. The number of nitrogens with zero attached hydrogens (tertiary/aromatic N) is 4. The van der Waals surface area contributed by atoms with Gasteiger partial charge in [-0.15, -0.1) is 0 Å². The van der Waals surface area contributed by atoms with Crippen molar-refractivity contribution in [2.75, 3.05) is 24.6 Å². The summed E-state index contributed by atoms with van der Waals surface area (Å²) in [4.78, 5) is 9.25. The summed E-state index contributed by atoms with van der Waals surface area (Å²) >= 11 is 0. The van der Waals surface area contributed by atoms with Crippen LogP contribution in [0.2, 0.25) is 0 Å². The second-order valence-corrected chi connectivity index (χ2v) is 10.0. The predicted octanol–water partition coefficient (Wildman–Crippen LogP) is 1.05. The standard InChI is InChI=1S/C17H30N6O2S/c1-12(2)9-18-17(19-10-14-6-8-26(24,25)11-14)21-15-5-4-7-23-16(15)20-13(3)22-23/h12,14-15H,4-11H2,1-3H3,(H2,18,19,21). The molecule has 0 aromatic carbocycles. The van der Waals surface area contributed by atoms with Gasteiger partial charge in [0.1, 0.15) is 11.6 Å². The molecule has 2 unspecified atom stereocenters. The Kier molecular flexibility index (Phi) is 5.84. The molecule has 1 aromatic heterocycles. The summed E-state index contributed by atoms with van der Waals surface area (Å²) < 4.78 is 25.3. The lowest BCUT2D eigenvalue weighted by Gasteiger charge is -2.25. The molecule has 3 heterocycles. The summed E-state index contributed by atoms with van der Waals surface area (Å²) in [5.41, 5.74) is 0. The highest BCUT2D eigenvalue weighted by Crippen LogP contribution is 2.23. The lowest BCUT2D eigenvalue weighted by Crippen LogP contribution is -2.43. The minimum atomic E-state index is -2.86. The average Bonchev–Trinajstić information content (AvgIpc) is 3.11. The zero-order valence-corrected chi connectivity index (χ0v) is 16.7. The fourth-order valence-electron chi connectivity index (χ4n) is 3.47. The molecular weight excluding hydrogens is 352 g/mol. The first-order chi connectivity index (χ1) is 12.3. The molecule has 1 aromatic rings. The van der Waals surface area contributed by atoms with E-state index < -0.39 is 9.84 Å². The van der Waals surface area contributed by atoms with Gasteiger partial charge in [-0.2, -0.15) is 5.10 Å². The third-order valence-corrected chi connectivity index (χ3v) is 6.63. The molecule has 2 aliphatic heterocycles. The van der Waals surface area contributed by atoms with Gasteiger partial charge in [-0.25, -0.2) is 18.1 Å². The Morgan fingerprint density at radius 2 is 2.19 bits per heavy atom. The second-order valence-electron chi connectivity index (χ2n) is 7.81. The SMILES string of the molecule is Cc1nc2n(n1)CCCC2NC(=NCC(C)C)NCC1CCS(=O)(=O)C1. The van der Waals surface area contributed by atoms with Gasteiger partial charge >= 0.3 is 0 Å². The number of hydrogen-bond donors (Lipinski definition) is 2. The molecule has 0 spiro atoms. The van der Waals surface area contributed by atoms with Gasteiger partial charge in [-0.3, -0.25) is 4.99 Å². The van der Waals surface area contributed by atoms with E-state index in [-0.39, 0.29) is 17.7 Å². The normalized spacial score (nSPS) is 25.3. The predicted molar refractivity (Wildman–Crippen MR) is 102 cm³/mol. The van der Waals surface area contributed by atoms with Crippen molar-refractivity contribution < 1.29 is 8.42 Å². The highest BCUT2D eigenvalue weighted by atomic mass is 32.2. The van der Waals surface area contributed by atoms with Crippen LogP contribution in [-0.2, 0) is 16.4 Å². The summed E-state index contributed by atoms with van der Waals surface area (Å²) in [7, 11) is -2.86. The van der Waals surface area contributed by atoms with Crippen molar-refractivity contribution in [3.8, 4) is 0 Å². The van der Waals surface area contributed by atoms with Gasteiger partial charge in [0.05, 0.1) is 17.5 Å². The molecule has 1 saturated heterocycles. The van der Waals surface area contributed by atoms with E-state index in [9.17, 15) is 8.42 Å². The highest BCUT2D eigenvalue weighted by molar-refractivity contribution is 7.91. The molecule has 146 valence electrons. The van der Waals surface area contributed by atoms with Crippen LogP contribution in [0.4, 0.5) is 0 Å². The Balaban J connectivity index is 1.66. The van der Waals surface area contributed by atoms with Crippen molar-refractivity contribution in [1.29, 1.82) is 0 Å². The van der Waals surface area contributed by atoms with Crippen molar-refractivity contribution in [1.82, 2.24) is 25.4 Å². The molecule has 2 aliphatic rings. The number of guanidine groups is 1. The Morgan fingerprint density at radius 1 is 1.38 bits per heavy atom. The van der Waals surface area contributed by atoms with Gasteiger partial charge in [0, 0.05) is 19.6 Å². The summed E-state index contributed by atoms with van der Waals surface area (Å²) in [6.07, 6.45) is 2.76. The zero-order valence-electron chi connectivity index (χ0n) is 15.9. The summed E-state index contributed by atoms with van der Waals surface area (Å²) in [6, 6.07) is 0.0793. The monoisotopic (exact) mass is 382 g/mol. The molecule has 0 saturated carbocycles. The van der Waals surface area contributed by atoms with Crippen LogP contribution in [-0.4, -0.2) is 53.7 Å². The first-order valence-electron chi connectivity index (χ1n) is 9.49. The van der Waals surface area contributed by atoms with Crippen molar-refractivity contribution in [2.24, 2.45) is 16.8 Å². The largest absolute Gasteiger partial charge is 0.356 e. The van der Waals surface area contributed by atoms with Gasteiger partial charge in [0.25, 0.3) is 0 Å². The van der Waals surface area contributed by atoms with E-state index >= 15 is 0 Å². The third kappa shape index (κ3) is 4.96. The Morgan fingerprint density at radius 3 is 2.88 bits per heavy atom. The second kappa shape index (κ2) is 7.94. The van der Waals surface area contributed by atoms with Crippen LogP contribution in [0.15, 0.2) is 4.99 Å². The van der Waals surface area contributed by atoms with Gasteiger partial charge in [-0.05, 0) is 38.0 Å². The third-order valence-electron chi connectivity index (χ3n) is 4.79. The molecular formula is C17H30N6O2S. The average molecular weight is 383 g/mol. The number of aliphatic imine (C=N–C) groups is 1. The molecule has 9 heteroatoms. The summed E-state index contributed by atoms with van der Waals surface area (Å²) in [5, 5.41) is 11.3. The van der Waals surface area contributed by atoms with Crippen LogP contribution in [0.1, 0.15) is 50.8 Å². The Bertz CT molecular complexity index is 755. The summed E-state index contributed by atoms with van der Waals surface area (Å²) in [5.74, 6) is 3.67. The van der Waals surface area contributed by atoms with Crippen LogP contribution in [0.5, 0.6) is 0 Å². The van der Waals surface area contributed by atoms with E-state index in [0.29, 0.717) is 18.2 Å². The fraction of sp³-hybridized carbons (Fsp3) is 0.824. The topological polar surface area (TPSA) is 101 Å². The van der Waals surface area contributed by atoms with Crippen molar-refractivity contribution in [3.05, 3.63) is 11.6 Å². The van der Waals surface area contributed by atoms with Crippen LogP contribution in [0.3, 0.4) is 0 Å². The molecule has 1 fully saturated rings. The van der Waals surface area contributed by atoms with Crippen LogP contribution < -0.4 is 10.6 Å². The van der Waals surface area contributed by atoms with E-state index in [2.05, 4.69) is 39.6 Å². The first kappa shape index (κ1) is 19.1. The van der Waals surface area contributed by atoms with E-state index in [1.54, 1.807) is 0 Å². The number of hydrogen-bond acceptors (Lipinski definition) is 5. The van der Waals surface area contributed by atoms with Gasteiger partial charge in [0.2, 0.25) is 0 Å². The Hall–Kier alpha value is -1.64. The number of fused-ring (bicyclic) bond motifs is 1. The molecule has 0 aliphatic carbocycles. The number of nitrogens with one attached hydrogen (secondary N) is 2. The van der Waals surface area contributed by atoms with Gasteiger partial charge < -0.3 is 10.6 Å². The molecule has 2 N–H and O–H groups in total. The maximum atomic E-state index is 11.7. The number of aryl methyl sites for hydroxylation is 2. The van der Waals surface area contributed by atoms with Crippen molar-refractivity contribution in [2.45, 2.75) is 52.6 Å². The van der Waals surface area contributed by atoms with Crippen molar-refractivity contribution in [3.63, 3.8) is 0 Å². The van der Waals surface area contributed by atoms with E-state index in [4.69, 9.17) is 0 Å². The number of sulfone groups is 1. The van der Waals surface area contributed by atoms with Crippen molar-refractivity contribution >= 4 is 15.8 Å². The minimum Gasteiger partial charge on any atom is -0.356 e. The molecule has 0 radical (unpaired) electrons. The first-order valence-corrected chi connectivity index (χ1v) is 11.3. The van der Waals surface area contributed by atoms with Crippen LogP contribution in [0.25, 0.3) is 0 Å². The fourth-order valence-corrected chi connectivity index (χ4v) is 5.33. The molecule has 0 amide bonds. The molecule has 0 bridgehead atoms. The van der Waals surface area contributed by atoms with E-state index in [0.717, 1.165) is 50.0 Å². The summed E-state index contributed by atoms with van der Waals surface area (Å²) in [6.45, 7) is 8.42. The van der Waals surface area contributed by atoms with Gasteiger partial charge in [-0.1, -0.05) is 13.8 Å². The molecule has 26 heavy (non-hydrogen) atoms. The van der Waals surface area contributed by atoms with Crippen LogP contribution >= 0.6 is 0 Å². The van der Waals surface area contributed by atoms with Crippen LogP contribution in [0, 0.1) is 18.8 Å². The van der Waals surface area contributed by atoms with Gasteiger partial charge in [0.15, 0.2) is 15.8 Å². The molecule has 3 rings (SSSR count). The maximum absolute atomic E-state index is 11.7. The molecule has 8 nitrogen and oxygen atoms in total. The lowest BCUT2D eigenvalue weighted by molar-refractivity contribution is 0.396. The smallest absolute Gasteiger partial charge is 0.191 e. The van der Waals surface area contributed by atoms with E-state index in [1.165, 1.54) is 0 Å². The Labute approximate surface area is 155 Å². The minimum absolute atomic E-state index is 0.0793. The highest BCUT2D eigenvalue weighted by Gasteiger charge is 2.28. The number of rotatable bonds is 5. The maximum Gasteiger partial charge on any atom is 0.191 e. The zero-order chi connectivity index (χ0) is 18.7. The quantitative estimate of drug-likeness (QED) is 0.583. The number of aromatic nitrogens is 3.